The highest BCUT2D eigenvalue weighted by atomic mass is 32.2. The summed E-state index contributed by atoms with van der Waals surface area (Å²) in [5, 5.41) is 3.84. The number of fused-ring (bicyclic) bond motifs is 9. The van der Waals surface area contributed by atoms with Gasteiger partial charge in [-0.05, 0) is 81.8 Å². The third-order valence-electron chi connectivity index (χ3n) is 13.2. The van der Waals surface area contributed by atoms with Crippen molar-refractivity contribution in [1.82, 2.24) is 20.3 Å². The van der Waals surface area contributed by atoms with Gasteiger partial charge in [-0.25, -0.2) is 15.0 Å². The number of nitrogens with zero attached hydrogens (tertiary/aromatic N) is 3. The summed E-state index contributed by atoms with van der Waals surface area (Å²) in [6.45, 7) is 0.849. The summed E-state index contributed by atoms with van der Waals surface area (Å²) in [6.07, 6.45) is 22.9. The zero-order chi connectivity index (χ0) is 39.6. The van der Waals surface area contributed by atoms with Gasteiger partial charge in [-0.3, -0.25) is 0 Å². The lowest BCUT2D eigenvalue weighted by Gasteiger charge is -2.44. The average molecular weight is 791 g/mol. The molecule has 6 aliphatic rings. The molecule has 0 bridgehead atoms. The molecule has 1 aromatic heterocycles. The van der Waals surface area contributed by atoms with E-state index in [1.165, 1.54) is 65.6 Å². The van der Waals surface area contributed by atoms with Crippen molar-refractivity contribution in [3.8, 4) is 33.9 Å². The predicted molar refractivity (Wildman–Crippen MR) is 245 cm³/mol. The van der Waals surface area contributed by atoms with Crippen molar-refractivity contribution in [1.29, 1.82) is 0 Å². The summed E-state index contributed by atoms with van der Waals surface area (Å²) in [6, 6.07) is 46.4. The summed E-state index contributed by atoms with van der Waals surface area (Å²) in [4.78, 5) is 17.9. The fourth-order valence-electron chi connectivity index (χ4n) is 10.5. The first-order valence-electron chi connectivity index (χ1n) is 21.3. The van der Waals surface area contributed by atoms with Crippen LogP contribution in [0.1, 0.15) is 59.7 Å². The van der Waals surface area contributed by atoms with Crippen LogP contribution in [0.4, 0.5) is 0 Å². The van der Waals surface area contributed by atoms with Gasteiger partial charge >= 0.3 is 0 Å². The van der Waals surface area contributed by atoms with Gasteiger partial charge in [0.1, 0.15) is 0 Å². The maximum absolute atomic E-state index is 5.18. The Kier molecular flexibility index (Phi) is 8.45. The van der Waals surface area contributed by atoms with Crippen LogP contribution >= 0.6 is 11.8 Å². The molecule has 4 nitrogen and oxygen atoms in total. The highest BCUT2D eigenvalue weighted by molar-refractivity contribution is 8.03. The molecule has 2 atom stereocenters. The molecule has 1 N–H and O–H groups in total. The second-order valence-corrected chi connectivity index (χ2v) is 17.5. The molecule has 0 saturated heterocycles. The van der Waals surface area contributed by atoms with Crippen LogP contribution in [0.15, 0.2) is 208 Å². The Balaban J connectivity index is 1.02. The van der Waals surface area contributed by atoms with E-state index in [1.807, 2.05) is 30.0 Å². The van der Waals surface area contributed by atoms with Crippen molar-refractivity contribution in [3.05, 3.63) is 231 Å². The van der Waals surface area contributed by atoms with Gasteiger partial charge in [0, 0.05) is 50.6 Å². The molecule has 2 unspecified atom stereocenters. The van der Waals surface area contributed by atoms with E-state index in [1.54, 1.807) is 0 Å². The van der Waals surface area contributed by atoms with Crippen molar-refractivity contribution in [2.75, 3.05) is 6.54 Å². The number of benzene rings is 5. The third-order valence-corrected chi connectivity index (χ3v) is 14.3. The summed E-state index contributed by atoms with van der Waals surface area (Å²) >= 11 is 1.91. The molecule has 4 aliphatic carbocycles. The molecule has 60 heavy (non-hydrogen) atoms. The zero-order valence-electron chi connectivity index (χ0n) is 33.2. The van der Waals surface area contributed by atoms with Gasteiger partial charge in [-0.1, -0.05) is 182 Å². The standard InChI is InChI=1S/C55H42N4S/c1-4-15-35(16-5-1)40-28-29-41(51-44(40)23-14-32-56-51)38-26-30-47-49(33-38)60-50-34-39(27-31-48(50)55(47)45-24-12-10-21-42(45)43-22-11-13-25-46(43)55)54-58-52(36-17-6-2-7-18-36)57-53(59-54)37-19-8-3-9-20-37/h1-2,4-8,10-25,27,29-31,33-34,38,40,56H,3,9,26,28,32H2. The molecule has 6 aromatic rings. The summed E-state index contributed by atoms with van der Waals surface area (Å²) in [5.74, 6) is 2.70. The quantitative estimate of drug-likeness (QED) is 0.188. The van der Waals surface area contributed by atoms with Crippen LogP contribution in [0, 0.1) is 5.92 Å². The molecule has 0 saturated carbocycles. The Morgan fingerprint density at radius 1 is 0.600 bits per heavy atom. The molecule has 1 spiro atoms. The number of dihydropyridines is 1. The minimum atomic E-state index is -0.449. The van der Waals surface area contributed by atoms with E-state index < -0.39 is 5.41 Å². The minimum absolute atomic E-state index is 0.252. The van der Waals surface area contributed by atoms with E-state index >= 15 is 0 Å². The molecule has 288 valence electrons. The molecule has 5 heteroatoms. The Bertz CT molecular complexity index is 2920. The van der Waals surface area contributed by atoms with Crippen LogP contribution in [0.25, 0.3) is 39.5 Å². The molecule has 0 radical (unpaired) electrons. The molecular weight excluding hydrogens is 749 g/mol. The molecule has 2 aliphatic heterocycles. The maximum Gasteiger partial charge on any atom is 0.164 e. The van der Waals surface area contributed by atoms with Crippen LogP contribution in [0.5, 0.6) is 0 Å². The summed E-state index contributed by atoms with van der Waals surface area (Å²) in [5.41, 5.74) is 16.1. The van der Waals surface area contributed by atoms with E-state index in [0.29, 0.717) is 23.4 Å². The number of rotatable bonds is 5. The fourth-order valence-corrected chi connectivity index (χ4v) is 11.8. The first-order valence-corrected chi connectivity index (χ1v) is 22.1. The van der Waals surface area contributed by atoms with E-state index in [0.717, 1.165) is 48.9 Å². The SMILES string of the molecule is C1=CC(c2nc(-c3ccccc3)nc(-c3ccc4c(c3)SC3=CC(C5=CCC(c6ccccc6)C6=C5NCC=C6)CC=C3C43c4ccccc4-c4ccccc43)n2)=CCC1. The monoisotopic (exact) mass is 790 g/mol. The van der Waals surface area contributed by atoms with Gasteiger partial charge in [-0.2, -0.15) is 0 Å². The number of hydrogen-bond acceptors (Lipinski definition) is 5. The van der Waals surface area contributed by atoms with E-state index in [9.17, 15) is 0 Å². The largest absolute Gasteiger partial charge is 0.381 e. The molecule has 0 amide bonds. The van der Waals surface area contributed by atoms with Gasteiger partial charge in [0.05, 0.1) is 5.41 Å². The molecule has 0 fully saturated rings. The smallest absolute Gasteiger partial charge is 0.164 e. The Morgan fingerprint density at radius 3 is 2.08 bits per heavy atom. The van der Waals surface area contributed by atoms with Crippen LogP contribution in [-0.2, 0) is 5.41 Å². The second kappa shape index (κ2) is 14.3. The van der Waals surface area contributed by atoms with Gasteiger partial charge in [0.15, 0.2) is 17.5 Å². The van der Waals surface area contributed by atoms with Crippen LogP contribution < -0.4 is 5.32 Å². The average Bonchev–Trinajstić information content (AvgIpc) is 3.62. The van der Waals surface area contributed by atoms with Crippen molar-refractivity contribution in [2.24, 2.45) is 5.92 Å². The lowest BCUT2D eigenvalue weighted by Crippen LogP contribution is -2.35. The van der Waals surface area contributed by atoms with Gasteiger partial charge < -0.3 is 5.32 Å². The normalized spacial score (nSPS) is 20.4. The van der Waals surface area contributed by atoms with Crippen molar-refractivity contribution in [2.45, 2.75) is 41.9 Å². The number of allylic oxidation sites excluding steroid dienone is 11. The topological polar surface area (TPSA) is 50.7 Å². The molecular formula is C55H42N4S. The molecule has 3 heterocycles. The number of nitrogens with one attached hydrogen (secondary N) is 1. The lowest BCUT2D eigenvalue weighted by molar-refractivity contribution is 0.657. The number of thioether (sulfide) groups is 1. The van der Waals surface area contributed by atoms with E-state index in [4.69, 9.17) is 15.0 Å². The zero-order valence-corrected chi connectivity index (χ0v) is 34.0. The van der Waals surface area contributed by atoms with E-state index in [-0.39, 0.29) is 5.92 Å². The highest BCUT2D eigenvalue weighted by Gasteiger charge is 2.52. The van der Waals surface area contributed by atoms with Crippen molar-refractivity contribution in [3.63, 3.8) is 0 Å². The van der Waals surface area contributed by atoms with Crippen LogP contribution in [0.2, 0.25) is 0 Å². The summed E-state index contributed by atoms with van der Waals surface area (Å²) in [7, 11) is 0. The molecule has 12 rings (SSSR count). The highest BCUT2D eigenvalue weighted by Crippen LogP contribution is 2.65. The summed E-state index contributed by atoms with van der Waals surface area (Å²) < 4.78 is 0. The third kappa shape index (κ3) is 5.56. The van der Waals surface area contributed by atoms with Gasteiger partial charge in [0.25, 0.3) is 0 Å². The Morgan fingerprint density at radius 2 is 1.32 bits per heavy atom. The lowest BCUT2D eigenvalue weighted by atomic mass is 9.64. The Labute approximate surface area is 355 Å². The fraction of sp³-hybridized carbons (Fsp3) is 0.145. The Hall–Kier alpha value is -6.56. The molecule has 5 aromatic carbocycles. The second-order valence-electron chi connectivity index (χ2n) is 16.4. The number of hydrogen-bond donors (Lipinski definition) is 1. The van der Waals surface area contributed by atoms with Gasteiger partial charge in [-0.15, -0.1) is 0 Å². The van der Waals surface area contributed by atoms with Crippen LogP contribution in [0.3, 0.4) is 0 Å². The van der Waals surface area contributed by atoms with Crippen molar-refractivity contribution < 1.29 is 0 Å². The number of aromatic nitrogens is 3. The van der Waals surface area contributed by atoms with Crippen LogP contribution in [-0.4, -0.2) is 21.5 Å². The van der Waals surface area contributed by atoms with Gasteiger partial charge in [0.2, 0.25) is 0 Å². The predicted octanol–water partition coefficient (Wildman–Crippen LogP) is 12.7. The van der Waals surface area contributed by atoms with Crippen molar-refractivity contribution >= 4 is 17.3 Å². The first kappa shape index (κ1) is 35.4. The first-order chi connectivity index (χ1) is 29.7. The van der Waals surface area contributed by atoms with E-state index in [2.05, 4.69) is 163 Å². The maximum atomic E-state index is 5.18. The minimum Gasteiger partial charge on any atom is -0.381 e.